The molecular weight excluding hydrogens is 1060 g/mol. The predicted octanol–water partition coefficient (Wildman–Crippen LogP) is 8.20. The molecule has 436 valence electrons. The molecule has 12 rings (SSSR count). The number of ether oxygens (including phenoxy) is 6. The number of aliphatic imine (C=N–C) groups is 1. The fourth-order valence-electron chi connectivity index (χ4n) is 12.7. The van der Waals surface area contributed by atoms with Crippen molar-refractivity contribution in [3.63, 3.8) is 0 Å². The average molecular weight is 1140 g/mol. The van der Waals surface area contributed by atoms with Gasteiger partial charge in [0, 0.05) is 110 Å². The summed E-state index contributed by atoms with van der Waals surface area (Å²) in [6.07, 6.45) is 5.49. The molecule has 2 bridgehead atoms. The summed E-state index contributed by atoms with van der Waals surface area (Å²) in [5.41, 5.74) is 10.8. The molecule has 5 saturated heterocycles. The fraction of sp³-hybridized carbons (Fsp3) is 0.556. The molecular formula is C63H77FN8O9S. The van der Waals surface area contributed by atoms with Crippen molar-refractivity contribution >= 4 is 46.2 Å². The van der Waals surface area contributed by atoms with E-state index in [0.717, 1.165) is 88.9 Å². The Balaban J connectivity index is 1.03. The number of carbonyl (C=O) groups is 3. The van der Waals surface area contributed by atoms with E-state index in [1.807, 2.05) is 25.4 Å². The summed E-state index contributed by atoms with van der Waals surface area (Å²) in [5.74, 6) is 5.83. The topological polar surface area (TPSA) is 171 Å². The van der Waals surface area contributed by atoms with E-state index in [4.69, 9.17) is 43.4 Å². The number of fused-ring (bicyclic) bond motifs is 3. The van der Waals surface area contributed by atoms with Gasteiger partial charge in [0.1, 0.15) is 22.6 Å². The van der Waals surface area contributed by atoms with E-state index < -0.39 is 17.4 Å². The van der Waals surface area contributed by atoms with Crippen LogP contribution in [0, 0.1) is 40.8 Å². The lowest BCUT2D eigenvalue weighted by Gasteiger charge is -2.49. The average Bonchev–Trinajstić information content (AvgIpc) is 3.94. The number of nitrogens with zero attached hydrogens (tertiary/aromatic N) is 7. The Hall–Kier alpha value is -5.79. The zero-order chi connectivity index (χ0) is 57.1. The minimum atomic E-state index is -0.751. The smallest absolute Gasteiger partial charge is 0.293 e. The Bertz CT molecular complexity index is 3180. The molecule has 5 aromatic rings. The summed E-state index contributed by atoms with van der Waals surface area (Å²) in [5, 5.41) is 5.36. The number of halogens is 1. The van der Waals surface area contributed by atoms with Crippen LogP contribution in [0.2, 0.25) is 0 Å². The lowest BCUT2D eigenvalue weighted by Crippen LogP contribution is -2.64. The summed E-state index contributed by atoms with van der Waals surface area (Å²) in [6.45, 7) is 18.9. The number of amides is 2. The molecule has 3 aromatic heterocycles. The number of hydrogen-bond donors (Lipinski definition) is 1. The quantitative estimate of drug-likeness (QED) is 0.0449. The van der Waals surface area contributed by atoms with Crippen molar-refractivity contribution in [1.29, 1.82) is 0 Å². The Morgan fingerprint density at radius 3 is 2.39 bits per heavy atom. The van der Waals surface area contributed by atoms with Crippen LogP contribution >= 0.6 is 11.3 Å². The highest BCUT2D eigenvalue weighted by Crippen LogP contribution is 2.54. The van der Waals surface area contributed by atoms with Gasteiger partial charge in [0.2, 0.25) is 5.91 Å². The Morgan fingerprint density at radius 1 is 0.976 bits per heavy atom. The molecule has 82 heavy (non-hydrogen) atoms. The first-order chi connectivity index (χ1) is 39.8. The van der Waals surface area contributed by atoms with Crippen molar-refractivity contribution in [2.24, 2.45) is 28.2 Å². The van der Waals surface area contributed by atoms with Crippen LogP contribution in [0.1, 0.15) is 106 Å². The van der Waals surface area contributed by atoms with E-state index in [2.05, 4.69) is 76.7 Å². The minimum Gasteiger partial charge on any atom is -0.467 e. The zero-order valence-corrected chi connectivity index (χ0v) is 48.9. The van der Waals surface area contributed by atoms with Gasteiger partial charge in [0.05, 0.1) is 80.9 Å². The third-order valence-electron chi connectivity index (χ3n) is 17.6. The van der Waals surface area contributed by atoms with Gasteiger partial charge in [-0.3, -0.25) is 34.2 Å². The fourth-order valence-corrected chi connectivity index (χ4v) is 13.7. The van der Waals surface area contributed by atoms with Crippen LogP contribution in [0.25, 0.3) is 33.4 Å². The number of benzene rings is 2. The Labute approximate surface area is 484 Å². The molecule has 0 radical (unpaired) electrons. The highest BCUT2D eigenvalue weighted by atomic mass is 32.1. The molecule has 7 fully saturated rings. The van der Waals surface area contributed by atoms with Crippen LogP contribution in [-0.2, 0) is 55.8 Å². The van der Waals surface area contributed by atoms with Gasteiger partial charge < -0.3 is 33.0 Å². The summed E-state index contributed by atoms with van der Waals surface area (Å²) < 4.78 is 51.8. The second kappa shape index (κ2) is 25.6. The molecule has 8 heterocycles. The number of carbonyl (C=O) groups excluding carboxylic acids is 3. The molecule has 1 unspecified atom stereocenters. The SMILES string of the molecule is CO[C@@H](C)c1ncc(C#C[C@@H](C)N2CCOCC2)cc1-c1c(CC(C)(C)COC=O)c2cc(-c3csc(C(C(=NC(=O)[C@@H]4[C@@H](C)[C@H]4c4ccc(F)cc4)C(=O)N4NCC5CC4C5)N4CCOCC4)n3)ccc2n1CCOC1CCOCC1. The first-order valence-electron chi connectivity index (χ1n) is 29.3. The summed E-state index contributed by atoms with van der Waals surface area (Å²) in [6, 6.07) is 14.2. The molecule has 7 aliphatic rings. The van der Waals surface area contributed by atoms with E-state index in [1.165, 1.54) is 23.5 Å². The summed E-state index contributed by atoms with van der Waals surface area (Å²) in [7, 11) is 1.69. The van der Waals surface area contributed by atoms with Crippen molar-refractivity contribution in [3.05, 3.63) is 93.3 Å². The van der Waals surface area contributed by atoms with Crippen molar-refractivity contribution < 1.29 is 47.2 Å². The largest absolute Gasteiger partial charge is 0.467 e. The number of aromatic nitrogens is 3. The number of rotatable bonds is 20. The number of hydrogen-bond acceptors (Lipinski definition) is 15. The highest BCUT2D eigenvalue weighted by Gasteiger charge is 2.53. The second-order valence-corrected chi connectivity index (χ2v) is 24.6. The van der Waals surface area contributed by atoms with Gasteiger partial charge in [-0.2, -0.15) is 0 Å². The Kier molecular flexibility index (Phi) is 18.1. The number of nitrogens with one attached hydrogen (secondary N) is 1. The molecule has 1 N–H and O–H groups in total. The zero-order valence-electron chi connectivity index (χ0n) is 48.1. The van der Waals surface area contributed by atoms with Crippen LogP contribution in [0.5, 0.6) is 0 Å². The predicted molar refractivity (Wildman–Crippen MR) is 310 cm³/mol. The number of morpholine rings is 2. The van der Waals surface area contributed by atoms with E-state index in [0.29, 0.717) is 102 Å². The summed E-state index contributed by atoms with van der Waals surface area (Å²) in [4.78, 5) is 61.6. The third-order valence-corrected chi connectivity index (χ3v) is 18.5. The first kappa shape index (κ1) is 58.0. The standard InChI is InChI=1S/C63H77FN8O9S/c1-39(69-17-24-78-25-18-69)7-8-42-31-50(56(65-34-42)41(3)76-6)58-51(33-63(4,5)37-80-38-73)49-32-45(11-14-53(49)71(58)21-28-81-48-15-22-77-23-16-48)52-36-82-61(67-52)59(70-19-26-79-27-20-70)57(62(75)72-47-29-43(30-47)35-66-72)68-60(74)55-40(2)54(55)44-9-12-46(64)13-10-44/h9-14,31-32,34,36,38-41,43,47-48,54-55,59,66H,15-30,33,35,37H2,1-6H3/t39-,40+,41+,43?,47?,54+,55-,59?/m1/s1. The lowest BCUT2D eigenvalue weighted by molar-refractivity contribution is -0.140. The van der Waals surface area contributed by atoms with Crippen LogP contribution < -0.4 is 5.43 Å². The van der Waals surface area contributed by atoms with Gasteiger partial charge in [-0.1, -0.05) is 50.8 Å². The maximum atomic E-state index is 15.2. The van der Waals surface area contributed by atoms with Gasteiger partial charge >= 0.3 is 0 Å². The molecule has 0 spiro atoms. The number of pyridine rings is 1. The first-order valence-corrected chi connectivity index (χ1v) is 30.2. The van der Waals surface area contributed by atoms with Gasteiger partial charge in [-0.05, 0) is 105 Å². The molecule has 17 nitrogen and oxygen atoms in total. The molecule has 2 saturated carbocycles. The van der Waals surface area contributed by atoms with Crippen molar-refractivity contribution in [2.45, 2.75) is 110 Å². The van der Waals surface area contributed by atoms with Gasteiger partial charge in [0.25, 0.3) is 12.4 Å². The van der Waals surface area contributed by atoms with Crippen molar-refractivity contribution in [3.8, 4) is 34.4 Å². The van der Waals surface area contributed by atoms with Crippen molar-refractivity contribution in [1.82, 2.24) is 34.8 Å². The van der Waals surface area contributed by atoms with E-state index in [9.17, 15) is 14.0 Å². The molecule has 5 aliphatic heterocycles. The highest BCUT2D eigenvalue weighted by molar-refractivity contribution is 7.10. The number of hydrazine groups is 1. The molecule has 2 aromatic carbocycles. The van der Waals surface area contributed by atoms with Crippen LogP contribution in [0.3, 0.4) is 0 Å². The Morgan fingerprint density at radius 2 is 1.70 bits per heavy atom. The van der Waals surface area contributed by atoms with E-state index >= 15 is 4.79 Å². The minimum absolute atomic E-state index is 0.00103. The maximum Gasteiger partial charge on any atom is 0.293 e. The monoisotopic (exact) mass is 1140 g/mol. The molecule has 6 atom stereocenters. The molecule has 2 aliphatic carbocycles. The molecule has 19 heteroatoms. The van der Waals surface area contributed by atoms with Crippen molar-refractivity contribution in [2.75, 3.05) is 92.7 Å². The molecule has 2 amide bonds. The van der Waals surface area contributed by atoms with Gasteiger partial charge in [-0.25, -0.2) is 19.8 Å². The normalized spacial score (nSPS) is 23.8. The van der Waals surface area contributed by atoms with Gasteiger partial charge in [0.15, 0.2) is 0 Å². The lowest BCUT2D eigenvalue weighted by atomic mass is 9.78. The number of methoxy groups -OCH3 is 1. The third kappa shape index (κ3) is 12.7. The van der Waals surface area contributed by atoms with E-state index in [1.54, 1.807) is 24.3 Å². The maximum absolute atomic E-state index is 15.2. The number of thiazole rings is 1. The van der Waals surface area contributed by atoms with Crippen LogP contribution in [-0.4, -0.2) is 164 Å². The van der Waals surface area contributed by atoms with Crippen LogP contribution in [0.4, 0.5) is 4.39 Å². The summed E-state index contributed by atoms with van der Waals surface area (Å²) >= 11 is 1.45. The second-order valence-electron chi connectivity index (χ2n) is 23.7. The van der Waals surface area contributed by atoms with E-state index in [-0.39, 0.29) is 66.1 Å². The van der Waals surface area contributed by atoms with Crippen LogP contribution in [0.15, 0.2) is 65.1 Å². The van der Waals surface area contributed by atoms with Gasteiger partial charge in [-0.15, -0.1) is 11.3 Å².